The number of hydrogen-bond acceptors (Lipinski definition) is 4. The fraction of sp³-hybridized carbons (Fsp3) is 0.400. The lowest BCUT2D eigenvalue weighted by atomic mass is 10.1. The first kappa shape index (κ1) is 13.6. The number of para-hydroxylation sites is 1. The minimum atomic E-state index is -0.163. The number of furan rings is 1. The topological polar surface area (TPSA) is 51.5 Å². The third kappa shape index (κ3) is 3.35. The minimum Gasteiger partial charge on any atom is -0.466 e. The number of carbonyl (C=O) groups is 1. The number of rotatable bonds is 6. The summed E-state index contributed by atoms with van der Waals surface area (Å²) in [5, 5.41) is 4.38. The third-order valence-electron chi connectivity index (χ3n) is 3.01. The summed E-state index contributed by atoms with van der Waals surface area (Å²) in [6, 6.07) is 7.97. The number of fused-ring (bicyclic) bond motifs is 1. The molecule has 0 fully saturated rings. The lowest BCUT2D eigenvalue weighted by molar-refractivity contribution is -0.142. The normalized spacial score (nSPS) is 10.8. The van der Waals surface area contributed by atoms with Gasteiger partial charge in [0.05, 0.1) is 13.0 Å². The number of hydrogen-bond donors (Lipinski definition) is 1. The summed E-state index contributed by atoms with van der Waals surface area (Å²) in [4.78, 5) is 11.2. The Bertz CT molecular complexity index is 560. The van der Waals surface area contributed by atoms with E-state index in [1.165, 1.54) is 0 Å². The number of ether oxygens (including phenoxy) is 1. The molecule has 0 spiro atoms. The number of nitrogens with one attached hydrogen (secondary N) is 1. The largest absolute Gasteiger partial charge is 0.466 e. The Labute approximate surface area is 112 Å². The second-order valence-corrected chi connectivity index (χ2v) is 4.36. The van der Waals surface area contributed by atoms with Crippen molar-refractivity contribution >= 4 is 16.9 Å². The summed E-state index contributed by atoms with van der Waals surface area (Å²) in [6.45, 7) is 5.51. The molecule has 0 atom stereocenters. The van der Waals surface area contributed by atoms with Crippen molar-refractivity contribution in [1.29, 1.82) is 0 Å². The number of esters is 1. The van der Waals surface area contributed by atoms with Gasteiger partial charge >= 0.3 is 5.97 Å². The molecular weight excluding hydrogens is 242 g/mol. The van der Waals surface area contributed by atoms with Crippen LogP contribution >= 0.6 is 0 Å². The summed E-state index contributed by atoms with van der Waals surface area (Å²) in [5.41, 5.74) is 2.06. The zero-order valence-electron chi connectivity index (χ0n) is 11.4. The van der Waals surface area contributed by atoms with Gasteiger partial charge in [-0.15, -0.1) is 0 Å². The molecule has 0 amide bonds. The number of benzene rings is 1. The molecule has 0 aliphatic rings. The van der Waals surface area contributed by atoms with Gasteiger partial charge in [0, 0.05) is 24.0 Å². The maximum atomic E-state index is 11.2. The van der Waals surface area contributed by atoms with Crippen molar-refractivity contribution < 1.29 is 13.9 Å². The first-order valence-corrected chi connectivity index (χ1v) is 6.55. The molecule has 0 bridgehead atoms. The van der Waals surface area contributed by atoms with Crippen molar-refractivity contribution in [2.75, 3.05) is 13.2 Å². The Kier molecular flexibility index (Phi) is 4.58. The SMILES string of the molecule is CCOC(=O)CCNCc1c(C)oc2ccccc12. The smallest absolute Gasteiger partial charge is 0.307 e. The Morgan fingerprint density at radius 3 is 2.95 bits per heavy atom. The van der Waals surface area contributed by atoms with E-state index in [-0.39, 0.29) is 5.97 Å². The highest BCUT2D eigenvalue weighted by atomic mass is 16.5. The average molecular weight is 261 g/mol. The lowest BCUT2D eigenvalue weighted by Gasteiger charge is -2.04. The molecule has 1 aromatic carbocycles. The predicted molar refractivity (Wildman–Crippen MR) is 73.9 cm³/mol. The van der Waals surface area contributed by atoms with E-state index in [2.05, 4.69) is 5.32 Å². The van der Waals surface area contributed by atoms with E-state index in [1.807, 2.05) is 38.1 Å². The van der Waals surface area contributed by atoms with Crippen molar-refractivity contribution in [2.24, 2.45) is 0 Å². The highest BCUT2D eigenvalue weighted by molar-refractivity contribution is 5.82. The average Bonchev–Trinajstić information content (AvgIpc) is 2.71. The van der Waals surface area contributed by atoms with E-state index in [9.17, 15) is 4.79 Å². The van der Waals surface area contributed by atoms with Gasteiger partial charge in [0.15, 0.2) is 0 Å². The maximum Gasteiger partial charge on any atom is 0.307 e. The van der Waals surface area contributed by atoms with Crippen molar-refractivity contribution in [3.05, 3.63) is 35.6 Å². The van der Waals surface area contributed by atoms with Crippen LogP contribution in [0.4, 0.5) is 0 Å². The molecule has 0 saturated heterocycles. The lowest BCUT2D eigenvalue weighted by Crippen LogP contribution is -2.19. The second-order valence-electron chi connectivity index (χ2n) is 4.36. The van der Waals surface area contributed by atoms with Crippen molar-refractivity contribution in [3.63, 3.8) is 0 Å². The number of carbonyl (C=O) groups excluding carboxylic acids is 1. The maximum absolute atomic E-state index is 11.2. The molecule has 4 heteroatoms. The number of aryl methyl sites for hydroxylation is 1. The molecule has 1 heterocycles. The van der Waals surface area contributed by atoms with Gasteiger partial charge in [-0.3, -0.25) is 4.79 Å². The summed E-state index contributed by atoms with van der Waals surface area (Å²) >= 11 is 0. The van der Waals surface area contributed by atoms with Crippen LogP contribution in [0, 0.1) is 6.92 Å². The zero-order chi connectivity index (χ0) is 13.7. The van der Waals surface area contributed by atoms with Crippen molar-refractivity contribution in [1.82, 2.24) is 5.32 Å². The van der Waals surface area contributed by atoms with E-state index < -0.39 is 0 Å². The van der Waals surface area contributed by atoms with Crippen LogP contribution in [0.15, 0.2) is 28.7 Å². The van der Waals surface area contributed by atoms with Gasteiger partial charge in [0.2, 0.25) is 0 Å². The predicted octanol–water partition coefficient (Wildman–Crippen LogP) is 2.78. The minimum absolute atomic E-state index is 0.163. The van der Waals surface area contributed by atoms with E-state index >= 15 is 0 Å². The van der Waals surface area contributed by atoms with Gasteiger partial charge in [-0.25, -0.2) is 0 Å². The van der Waals surface area contributed by atoms with E-state index in [0.29, 0.717) is 26.1 Å². The van der Waals surface area contributed by atoms with Gasteiger partial charge in [-0.05, 0) is 19.9 Å². The van der Waals surface area contributed by atoms with Gasteiger partial charge in [0.1, 0.15) is 11.3 Å². The molecule has 2 rings (SSSR count). The fourth-order valence-corrected chi connectivity index (χ4v) is 2.08. The molecule has 19 heavy (non-hydrogen) atoms. The van der Waals surface area contributed by atoms with E-state index in [1.54, 1.807) is 0 Å². The Hall–Kier alpha value is -1.81. The van der Waals surface area contributed by atoms with E-state index in [0.717, 1.165) is 22.3 Å². The molecule has 102 valence electrons. The van der Waals surface area contributed by atoms with Crippen LogP contribution in [0.5, 0.6) is 0 Å². The summed E-state index contributed by atoms with van der Waals surface area (Å²) in [7, 11) is 0. The van der Waals surface area contributed by atoms with Gasteiger partial charge in [0.25, 0.3) is 0 Å². The Morgan fingerprint density at radius 2 is 2.16 bits per heavy atom. The molecule has 1 aromatic heterocycles. The highest BCUT2D eigenvalue weighted by Crippen LogP contribution is 2.24. The van der Waals surface area contributed by atoms with Crippen LogP contribution < -0.4 is 5.32 Å². The van der Waals surface area contributed by atoms with E-state index in [4.69, 9.17) is 9.15 Å². The molecule has 4 nitrogen and oxygen atoms in total. The molecule has 1 N–H and O–H groups in total. The van der Waals surface area contributed by atoms with Crippen LogP contribution in [0.2, 0.25) is 0 Å². The van der Waals surface area contributed by atoms with Gasteiger partial charge in [-0.2, -0.15) is 0 Å². The molecule has 2 aromatic rings. The van der Waals surface area contributed by atoms with Crippen LogP contribution in [0.25, 0.3) is 11.0 Å². The first-order valence-electron chi connectivity index (χ1n) is 6.55. The third-order valence-corrected chi connectivity index (χ3v) is 3.01. The molecule has 0 unspecified atom stereocenters. The Balaban J connectivity index is 1.91. The van der Waals surface area contributed by atoms with Crippen molar-refractivity contribution in [3.8, 4) is 0 Å². The van der Waals surface area contributed by atoms with Gasteiger partial charge < -0.3 is 14.5 Å². The quantitative estimate of drug-likeness (QED) is 0.641. The molecule has 0 radical (unpaired) electrons. The fourth-order valence-electron chi connectivity index (χ4n) is 2.08. The van der Waals surface area contributed by atoms with Gasteiger partial charge in [-0.1, -0.05) is 18.2 Å². The second kappa shape index (κ2) is 6.38. The van der Waals surface area contributed by atoms with Crippen LogP contribution in [-0.2, 0) is 16.1 Å². The van der Waals surface area contributed by atoms with Crippen LogP contribution in [0.1, 0.15) is 24.7 Å². The summed E-state index contributed by atoms with van der Waals surface area (Å²) in [5.74, 6) is 0.758. The molecular formula is C15H19NO3. The standard InChI is InChI=1S/C15H19NO3/c1-3-18-15(17)8-9-16-10-13-11(2)19-14-7-5-4-6-12(13)14/h4-7,16H,3,8-10H2,1-2H3. The molecule has 0 aliphatic carbocycles. The molecule has 0 aliphatic heterocycles. The summed E-state index contributed by atoms with van der Waals surface area (Å²) in [6.07, 6.45) is 0.392. The molecule has 0 saturated carbocycles. The Morgan fingerprint density at radius 1 is 1.37 bits per heavy atom. The van der Waals surface area contributed by atoms with Crippen LogP contribution in [-0.4, -0.2) is 19.1 Å². The zero-order valence-corrected chi connectivity index (χ0v) is 11.4. The van der Waals surface area contributed by atoms with Crippen molar-refractivity contribution in [2.45, 2.75) is 26.8 Å². The summed E-state index contributed by atoms with van der Waals surface area (Å²) < 4.78 is 10.6. The monoisotopic (exact) mass is 261 g/mol. The first-order chi connectivity index (χ1) is 9.22. The highest BCUT2D eigenvalue weighted by Gasteiger charge is 2.09. The van der Waals surface area contributed by atoms with Crippen LogP contribution in [0.3, 0.4) is 0 Å².